The number of fused-ring (bicyclic) bond motifs is 1. The Morgan fingerprint density at radius 2 is 1.40 bits per heavy atom. The van der Waals surface area contributed by atoms with Gasteiger partial charge in [0.25, 0.3) is 0 Å². The number of aryl methyl sites for hydroxylation is 1. The molecule has 0 saturated heterocycles. The maximum absolute atomic E-state index is 13.5. The second-order valence-corrected chi connectivity index (χ2v) is 10.1. The minimum Gasteiger partial charge on any atom is -0.350 e. The predicted octanol–water partition coefficient (Wildman–Crippen LogP) is 3.34. The Hall–Kier alpha value is -5.09. The molecule has 0 unspecified atom stereocenters. The maximum atomic E-state index is 13.5. The van der Waals surface area contributed by atoms with E-state index in [1.54, 1.807) is 0 Å². The number of rotatable bonds is 13. The molecular weight excluding hydrogens is 551 g/mol. The first-order valence-electron chi connectivity index (χ1n) is 13.9. The van der Waals surface area contributed by atoms with Crippen molar-refractivity contribution in [3.05, 3.63) is 120 Å². The third-order valence-electron chi connectivity index (χ3n) is 6.97. The third kappa shape index (κ3) is 9.20. The summed E-state index contributed by atoms with van der Waals surface area (Å²) in [7, 11) is 0. The lowest BCUT2D eigenvalue weighted by Gasteiger charge is -2.23. The molecule has 222 valence electrons. The van der Waals surface area contributed by atoms with Gasteiger partial charge in [0, 0.05) is 19.4 Å². The molecule has 4 aromatic rings. The summed E-state index contributed by atoms with van der Waals surface area (Å²) < 4.78 is 13.5. The molecule has 0 aromatic heterocycles. The number of benzene rings is 4. The van der Waals surface area contributed by atoms with Crippen LogP contribution in [-0.4, -0.2) is 40.9 Å². The van der Waals surface area contributed by atoms with Crippen molar-refractivity contribution in [1.82, 2.24) is 21.4 Å². The van der Waals surface area contributed by atoms with Crippen LogP contribution in [0.25, 0.3) is 10.8 Å². The highest BCUT2D eigenvalue weighted by Crippen LogP contribution is 2.18. The van der Waals surface area contributed by atoms with Gasteiger partial charge >= 0.3 is 0 Å². The first kappa shape index (κ1) is 30.9. The monoisotopic (exact) mass is 584 g/mol. The Labute approximate surface area is 248 Å². The lowest BCUT2D eigenvalue weighted by atomic mass is 10.0. The van der Waals surface area contributed by atoms with Crippen LogP contribution < -0.4 is 21.4 Å². The minimum atomic E-state index is -1.36. The molecule has 0 aliphatic carbocycles. The summed E-state index contributed by atoms with van der Waals surface area (Å²) in [6, 6.07) is 25.8. The zero-order valence-corrected chi connectivity index (χ0v) is 23.4. The van der Waals surface area contributed by atoms with Crippen LogP contribution in [0.15, 0.2) is 97.1 Å². The van der Waals surface area contributed by atoms with Crippen molar-refractivity contribution in [2.75, 3.05) is 0 Å². The molecule has 0 heterocycles. The van der Waals surface area contributed by atoms with E-state index in [2.05, 4.69) is 16.0 Å². The van der Waals surface area contributed by atoms with Crippen molar-refractivity contribution in [1.29, 1.82) is 0 Å². The normalized spacial score (nSPS) is 12.1. The average molecular weight is 585 g/mol. The third-order valence-corrected chi connectivity index (χ3v) is 6.97. The number of amides is 4. The van der Waals surface area contributed by atoms with Gasteiger partial charge in [0.15, 0.2) is 0 Å². The van der Waals surface area contributed by atoms with Crippen LogP contribution in [0.5, 0.6) is 0 Å². The molecule has 4 amide bonds. The summed E-state index contributed by atoms with van der Waals surface area (Å²) >= 11 is 0. The van der Waals surface area contributed by atoms with Gasteiger partial charge in [-0.05, 0) is 46.0 Å². The van der Waals surface area contributed by atoms with E-state index < -0.39 is 48.0 Å². The Morgan fingerprint density at radius 3 is 2.14 bits per heavy atom. The maximum Gasteiger partial charge on any atom is 0.245 e. The van der Waals surface area contributed by atoms with Crippen molar-refractivity contribution in [3.8, 4) is 0 Å². The van der Waals surface area contributed by atoms with Gasteiger partial charge in [-0.3, -0.25) is 24.4 Å². The van der Waals surface area contributed by atoms with E-state index in [-0.39, 0.29) is 19.4 Å². The highest BCUT2D eigenvalue weighted by molar-refractivity contribution is 5.95. The van der Waals surface area contributed by atoms with Crippen LogP contribution in [0.3, 0.4) is 0 Å². The second-order valence-electron chi connectivity index (χ2n) is 10.1. The molecule has 0 radical (unpaired) electrons. The van der Waals surface area contributed by atoms with Gasteiger partial charge in [-0.1, -0.05) is 84.9 Å². The minimum absolute atomic E-state index is 0.0221. The van der Waals surface area contributed by atoms with Crippen molar-refractivity contribution in [2.24, 2.45) is 0 Å². The summed E-state index contributed by atoms with van der Waals surface area (Å²) in [6.07, 6.45) is -0.0649. The summed E-state index contributed by atoms with van der Waals surface area (Å²) in [5.74, 6) is -3.11. The van der Waals surface area contributed by atoms with Gasteiger partial charge in [-0.15, -0.1) is 0 Å². The second kappa shape index (κ2) is 15.2. The Balaban J connectivity index is 1.48. The van der Waals surface area contributed by atoms with Gasteiger partial charge in [0.2, 0.25) is 23.6 Å². The molecule has 4 rings (SSSR count). The molecule has 4 aromatic carbocycles. The van der Waals surface area contributed by atoms with Crippen molar-refractivity contribution in [2.45, 2.75) is 44.3 Å². The fourth-order valence-corrected chi connectivity index (χ4v) is 4.70. The van der Waals surface area contributed by atoms with Crippen LogP contribution in [-0.2, 0) is 38.6 Å². The van der Waals surface area contributed by atoms with Crippen molar-refractivity contribution in [3.63, 3.8) is 0 Å². The molecule has 2 atom stereocenters. The quantitative estimate of drug-likeness (QED) is 0.121. The van der Waals surface area contributed by atoms with E-state index in [4.69, 9.17) is 5.21 Å². The van der Waals surface area contributed by atoms with Crippen LogP contribution in [0, 0.1) is 5.82 Å². The molecule has 10 heteroatoms. The van der Waals surface area contributed by atoms with Gasteiger partial charge < -0.3 is 16.0 Å². The number of hydrogen-bond donors (Lipinski definition) is 5. The predicted molar refractivity (Wildman–Crippen MR) is 159 cm³/mol. The van der Waals surface area contributed by atoms with Crippen molar-refractivity contribution < 1.29 is 28.8 Å². The largest absolute Gasteiger partial charge is 0.350 e. The van der Waals surface area contributed by atoms with E-state index in [0.717, 1.165) is 21.9 Å². The number of carbonyl (C=O) groups excluding carboxylic acids is 4. The topological polar surface area (TPSA) is 137 Å². The van der Waals surface area contributed by atoms with E-state index in [1.807, 2.05) is 72.8 Å². The highest BCUT2D eigenvalue weighted by atomic mass is 19.1. The highest BCUT2D eigenvalue weighted by Gasteiger charge is 2.29. The average Bonchev–Trinajstić information content (AvgIpc) is 3.03. The molecule has 0 bridgehead atoms. The zero-order valence-electron chi connectivity index (χ0n) is 23.4. The number of hydroxylamine groups is 1. The van der Waals surface area contributed by atoms with Crippen LogP contribution in [0.4, 0.5) is 4.39 Å². The molecule has 0 saturated carbocycles. The van der Waals surface area contributed by atoms with Gasteiger partial charge in [0.1, 0.15) is 17.9 Å². The van der Waals surface area contributed by atoms with Crippen molar-refractivity contribution >= 4 is 34.4 Å². The summed E-state index contributed by atoms with van der Waals surface area (Å²) in [5.41, 5.74) is 3.86. The lowest BCUT2D eigenvalue weighted by Crippen LogP contribution is -2.55. The Kier molecular flexibility index (Phi) is 10.9. The van der Waals surface area contributed by atoms with Gasteiger partial charge in [-0.25, -0.2) is 9.87 Å². The molecule has 0 aliphatic rings. The fraction of sp³-hybridized carbons (Fsp3) is 0.212. The molecule has 43 heavy (non-hydrogen) atoms. The first-order valence-corrected chi connectivity index (χ1v) is 13.9. The molecular formula is C33H33FN4O5. The molecule has 9 nitrogen and oxygen atoms in total. The summed E-state index contributed by atoms with van der Waals surface area (Å²) in [6.45, 7) is 0.183. The van der Waals surface area contributed by atoms with E-state index in [1.165, 1.54) is 29.7 Å². The standard InChI is InChI=1S/C33H33FN4O5/c34-26-16-13-23(14-17-26)19-28(32(41)35-21-25-11-6-10-24-9-4-5-12-27(24)25)37-33(42)29(20-31(40)38-43)36-30(39)18-15-22-7-2-1-3-8-22/h1-14,16-17,28-29,43H,15,18-21H2,(H,35,41)(H,36,39)(H,37,42)(H,38,40)/t28-,29-/m0/s1. The molecule has 0 spiro atoms. The Morgan fingerprint density at radius 1 is 0.698 bits per heavy atom. The molecule has 0 fully saturated rings. The molecule has 5 N–H and O–H groups in total. The zero-order chi connectivity index (χ0) is 30.6. The summed E-state index contributed by atoms with van der Waals surface area (Å²) in [5, 5.41) is 19.1. The van der Waals surface area contributed by atoms with Gasteiger partial charge in [0.05, 0.1) is 6.42 Å². The number of hydrogen-bond acceptors (Lipinski definition) is 5. The fourth-order valence-electron chi connectivity index (χ4n) is 4.70. The Bertz CT molecular complexity index is 1560. The van der Waals surface area contributed by atoms with Gasteiger partial charge in [-0.2, -0.15) is 0 Å². The van der Waals surface area contributed by atoms with E-state index >= 15 is 0 Å². The number of carbonyl (C=O) groups is 4. The first-order chi connectivity index (χ1) is 20.8. The number of nitrogens with one attached hydrogen (secondary N) is 4. The van der Waals surface area contributed by atoms with E-state index in [9.17, 15) is 23.6 Å². The van der Waals surface area contributed by atoms with E-state index in [0.29, 0.717) is 12.0 Å². The SMILES string of the molecule is O=C(C[C@H](NC(=O)CCc1ccccc1)C(=O)N[C@@H](Cc1ccc(F)cc1)C(=O)NCc1cccc2ccccc12)NO. The molecule has 0 aliphatic heterocycles. The summed E-state index contributed by atoms with van der Waals surface area (Å²) in [4.78, 5) is 51.5. The smallest absolute Gasteiger partial charge is 0.245 e. The number of halogens is 1. The van der Waals surface area contributed by atoms with Crippen LogP contribution >= 0.6 is 0 Å². The van der Waals surface area contributed by atoms with Crippen LogP contribution in [0.1, 0.15) is 29.5 Å². The lowest BCUT2D eigenvalue weighted by molar-refractivity contribution is -0.136. The van der Waals surface area contributed by atoms with Crippen LogP contribution in [0.2, 0.25) is 0 Å².